The van der Waals surface area contributed by atoms with E-state index in [0.717, 1.165) is 5.56 Å². The molecule has 1 aromatic carbocycles. The van der Waals surface area contributed by atoms with Crippen LogP contribution in [0.2, 0.25) is 0 Å². The molecule has 5 heteroatoms. The van der Waals surface area contributed by atoms with Crippen LogP contribution in [-0.4, -0.2) is 11.6 Å². The van der Waals surface area contributed by atoms with Crippen LogP contribution in [-0.2, 0) is 0 Å². The van der Waals surface area contributed by atoms with Gasteiger partial charge in [-0.15, -0.1) is 11.3 Å². The first-order chi connectivity index (χ1) is 8.66. The number of hydrazone groups is 1. The molecule has 2 rings (SSSR count). The van der Waals surface area contributed by atoms with Crippen LogP contribution >= 0.6 is 11.3 Å². The van der Waals surface area contributed by atoms with Gasteiger partial charge in [-0.3, -0.25) is 4.79 Å². The largest absolute Gasteiger partial charge is 0.281 e. The Labute approximate surface area is 108 Å². The van der Waals surface area contributed by atoms with Crippen LogP contribution in [0.5, 0.6) is 0 Å². The predicted octanol–water partition coefficient (Wildman–Crippen LogP) is 3.04. The standard InChI is InChI=1S/C13H11FN2OS/c1-9(10-4-6-11(14)7-5-10)15-16-13(17)12-3-2-8-18-12/h2-8H,1H3,(H,16,17). The van der Waals surface area contributed by atoms with E-state index in [1.807, 2.05) is 5.38 Å². The number of hydrogen-bond acceptors (Lipinski definition) is 3. The van der Waals surface area contributed by atoms with E-state index in [9.17, 15) is 9.18 Å². The summed E-state index contributed by atoms with van der Waals surface area (Å²) in [5.74, 6) is -0.541. The Morgan fingerprint density at radius 3 is 2.61 bits per heavy atom. The molecule has 0 spiro atoms. The summed E-state index contributed by atoms with van der Waals surface area (Å²) in [5.41, 5.74) is 3.86. The number of nitrogens with zero attached hydrogens (tertiary/aromatic N) is 1. The Kier molecular flexibility index (Phi) is 3.84. The van der Waals surface area contributed by atoms with Crippen molar-refractivity contribution in [1.29, 1.82) is 0 Å². The summed E-state index contributed by atoms with van der Waals surface area (Å²) in [6, 6.07) is 9.47. The molecule has 0 bridgehead atoms. The summed E-state index contributed by atoms with van der Waals surface area (Å²) < 4.78 is 12.7. The molecule has 92 valence electrons. The molecule has 1 heterocycles. The lowest BCUT2D eigenvalue weighted by molar-refractivity contribution is 0.0959. The van der Waals surface area contributed by atoms with E-state index < -0.39 is 0 Å². The third-order valence-corrected chi connectivity index (χ3v) is 3.20. The Hall–Kier alpha value is -2.01. The van der Waals surface area contributed by atoms with Crippen molar-refractivity contribution >= 4 is 23.0 Å². The number of nitrogens with one attached hydrogen (secondary N) is 1. The molecular weight excluding hydrogens is 251 g/mol. The molecule has 3 nitrogen and oxygen atoms in total. The zero-order chi connectivity index (χ0) is 13.0. The van der Waals surface area contributed by atoms with Crippen molar-refractivity contribution in [2.45, 2.75) is 6.92 Å². The molecule has 0 saturated carbocycles. The van der Waals surface area contributed by atoms with Gasteiger partial charge in [0.2, 0.25) is 0 Å². The quantitative estimate of drug-likeness (QED) is 0.670. The topological polar surface area (TPSA) is 41.5 Å². The van der Waals surface area contributed by atoms with Crippen molar-refractivity contribution in [3.63, 3.8) is 0 Å². The van der Waals surface area contributed by atoms with Crippen LogP contribution in [0.1, 0.15) is 22.2 Å². The van der Waals surface area contributed by atoms with Crippen LogP contribution in [0.3, 0.4) is 0 Å². The number of thiophene rings is 1. The maximum Gasteiger partial charge on any atom is 0.281 e. The highest BCUT2D eigenvalue weighted by atomic mass is 32.1. The predicted molar refractivity (Wildman–Crippen MR) is 70.4 cm³/mol. The van der Waals surface area contributed by atoms with Gasteiger partial charge in [0.05, 0.1) is 10.6 Å². The van der Waals surface area contributed by atoms with Gasteiger partial charge in [0.25, 0.3) is 5.91 Å². The van der Waals surface area contributed by atoms with Gasteiger partial charge in [-0.1, -0.05) is 18.2 Å². The van der Waals surface area contributed by atoms with Crippen molar-refractivity contribution < 1.29 is 9.18 Å². The van der Waals surface area contributed by atoms with Crippen molar-refractivity contribution in [2.75, 3.05) is 0 Å². The molecule has 18 heavy (non-hydrogen) atoms. The lowest BCUT2D eigenvalue weighted by Crippen LogP contribution is -2.18. The molecule has 1 amide bonds. The minimum atomic E-state index is -0.297. The molecule has 0 atom stereocenters. The summed E-state index contributed by atoms with van der Waals surface area (Å²) in [6.45, 7) is 1.75. The summed E-state index contributed by atoms with van der Waals surface area (Å²) in [7, 11) is 0. The van der Waals surface area contributed by atoms with Crippen molar-refractivity contribution in [1.82, 2.24) is 5.43 Å². The molecule has 2 aromatic rings. The lowest BCUT2D eigenvalue weighted by Gasteiger charge is -2.01. The Balaban J connectivity index is 2.05. The van der Waals surface area contributed by atoms with Gasteiger partial charge in [0, 0.05) is 0 Å². The first-order valence-corrected chi connectivity index (χ1v) is 6.19. The van der Waals surface area contributed by atoms with Gasteiger partial charge in [-0.2, -0.15) is 5.10 Å². The normalized spacial score (nSPS) is 11.3. The van der Waals surface area contributed by atoms with E-state index in [2.05, 4.69) is 10.5 Å². The van der Waals surface area contributed by atoms with Gasteiger partial charge in [0.1, 0.15) is 5.82 Å². The fourth-order valence-corrected chi connectivity index (χ4v) is 1.97. The van der Waals surface area contributed by atoms with Crippen LogP contribution in [0.15, 0.2) is 46.9 Å². The SMILES string of the molecule is CC(=NNC(=O)c1cccs1)c1ccc(F)cc1. The Morgan fingerprint density at radius 2 is 2.00 bits per heavy atom. The first kappa shape index (κ1) is 12.4. The van der Waals surface area contributed by atoms with Gasteiger partial charge in [-0.05, 0) is 36.1 Å². The average molecular weight is 262 g/mol. The third kappa shape index (κ3) is 3.01. The Bertz CT molecular complexity index is 561. The number of halogens is 1. The van der Waals surface area contributed by atoms with E-state index in [1.165, 1.54) is 23.5 Å². The van der Waals surface area contributed by atoms with Crippen molar-refractivity contribution in [3.8, 4) is 0 Å². The van der Waals surface area contributed by atoms with E-state index in [4.69, 9.17) is 0 Å². The fraction of sp³-hybridized carbons (Fsp3) is 0.0769. The molecule has 0 unspecified atom stereocenters. The molecule has 1 aromatic heterocycles. The second-order valence-corrected chi connectivity index (χ2v) is 4.57. The molecule has 0 aliphatic heterocycles. The smallest absolute Gasteiger partial charge is 0.266 e. The van der Waals surface area contributed by atoms with E-state index >= 15 is 0 Å². The number of carbonyl (C=O) groups excluding carboxylic acids is 1. The van der Waals surface area contributed by atoms with Crippen molar-refractivity contribution in [2.24, 2.45) is 5.10 Å². The lowest BCUT2D eigenvalue weighted by atomic mass is 10.1. The van der Waals surface area contributed by atoms with Crippen LogP contribution < -0.4 is 5.43 Å². The second-order valence-electron chi connectivity index (χ2n) is 3.62. The Morgan fingerprint density at radius 1 is 1.28 bits per heavy atom. The van der Waals surface area contributed by atoms with Gasteiger partial charge in [-0.25, -0.2) is 9.82 Å². The number of amides is 1. The van der Waals surface area contributed by atoms with E-state index in [0.29, 0.717) is 10.6 Å². The van der Waals surface area contributed by atoms with E-state index in [1.54, 1.807) is 31.2 Å². The fourth-order valence-electron chi connectivity index (χ4n) is 1.35. The number of hydrogen-bond donors (Lipinski definition) is 1. The second kappa shape index (κ2) is 5.55. The summed E-state index contributed by atoms with van der Waals surface area (Å²) in [6.07, 6.45) is 0. The summed E-state index contributed by atoms with van der Waals surface area (Å²) in [5, 5.41) is 5.81. The maximum absolute atomic E-state index is 12.7. The number of rotatable bonds is 3. The minimum Gasteiger partial charge on any atom is -0.266 e. The van der Waals surface area contributed by atoms with Gasteiger partial charge in [0.15, 0.2) is 0 Å². The molecule has 0 radical (unpaired) electrons. The van der Waals surface area contributed by atoms with Crippen LogP contribution in [0.25, 0.3) is 0 Å². The maximum atomic E-state index is 12.7. The highest BCUT2D eigenvalue weighted by Crippen LogP contribution is 2.08. The highest BCUT2D eigenvalue weighted by molar-refractivity contribution is 7.12. The zero-order valence-electron chi connectivity index (χ0n) is 9.68. The molecule has 1 N–H and O–H groups in total. The molecule has 0 aliphatic rings. The van der Waals surface area contributed by atoms with Crippen LogP contribution in [0.4, 0.5) is 4.39 Å². The molecule has 0 fully saturated rings. The van der Waals surface area contributed by atoms with E-state index in [-0.39, 0.29) is 11.7 Å². The minimum absolute atomic E-state index is 0.244. The average Bonchev–Trinajstić information content (AvgIpc) is 2.90. The van der Waals surface area contributed by atoms with Crippen LogP contribution in [0, 0.1) is 5.82 Å². The van der Waals surface area contributed by atoms with Crippen molar-refractivity contribution in [3.05, 3.63) is 58.0 Å². The highest BCUT2D eigenvalue weighted by Gasteiger charge is 2.05. The first-order valence-electron chi connectivity index (χ1n) is 5.31. The number of carbonyl (C=O) groups is 1. The van der Waals surface area contributed by atoms with Gasteiger partial charge < -0.3 is 0 Å². The van der Waals surface area contributed by atoms with Gasteiger partial charge >= 0.3 is 0 Å². The summed E-state index contributed by atoms with van der Waals surface area (Å²) in [4.78, 5) is 12.2. The number of benzene rings is 1. The monoisotopic (exact) mass is 262 g/mol. The molecular formula is C13H11FN2OS. The third-order valence-electron chi connectivity index (χ3n) is 2.33. The molecule has 0 saturated heterocycles. The molecule has 0 aliphatic carbocycles. The summed E-state index contributed by atoms with van der Waals surface area (Å²) >= 11 is 1.35. The zero-order valence-corrected chi connectivity index (χ0v) is 10.5.